The van der Waals surface area contributed by atoms with Crippen LogP contribution in [0.5, 0.6) is 0 Å². The van der Waals surface area contributed by atoms with Gasteiger partial charge >= 0.3 is 0 Å². The maximum absolute atomic E-state index is 6.58. The van der Waals surface area contributed by atoms with Gasteiger partial charge in [0.05, 0.1) is 0 Å². The highest BCUT2D eigenvalue weighted by Crippen LogP contribution is 2.42. The highest BCUT2D eigenvalue weighted by molar-refractivity contribution is 6.15. The van der Waals surface area contributed by atoms with E-state index in [1.54, 1.807) is 0 Å². The number of fused-ring (bicyclic) bond motifs is 7. The summed E-state index contributed by atoms with van der Waals surface area (Å²) < 4.78 is 19.5. The predicted molar refractivity (Wildman–Crippen MR) is 235 cm³/mol. The molecule has 4 aromatic heterocycles. The Labute approximate surface area is 336 Å². The van der Waals surface area contributed by atoms with Crippen LogP contribution in [-0.2, 0) is 0 Å². The maximum Gasteiger partial charge on any atom is 0.228 e. The Hall–Kier alpha value is -8.16. The molecule has 0 aliphatic carbocycles. The van der Waals surface area contributed by atoms with Crippen LogP contribution in [0.2, 0.25) is 0 Å². The molecule has 0 N–H and O–H groups in total. The molecule has 59 heavy (non-hydrogen) atoms. The van der Waals surface area contributed by atoms with Gasteiger partial charge in [0, 0.05) is 49.4 Å². The second kappa shape index (κ2) is 13.2. The molecular weight excluding hydrogens is 729 g/mol. The Morgan fingerprint density at radius 1 is 0.305 bits per heavy atom. The van der Waals surface area contributed by atoms with E-state index in [1.807, 2.05) is 121 Å². The smallest absolute Gasteiger partial charge is 0.228 e. The largest absolute Gasteiger partial charge is 0.456 e. The molecule has 0 fully saturated rings. The fourth-order valence-electron chi connectivity index (χ4n) is 8.21. The van der Waals surface area contributed by atoms with Crippen molar-refractivity contribution in [3.63, 3.8) is 0 Å². The lowest BCUT2D eigenvalue weighted by atomic mass is 10.0. The number of benzene rings is 8. The minimum absolute atomic E-state index is 0.540. The average molecular weight is 759 g/mol. The third-order valence-electron chi connectivity index (χ3n) is 11.0. The summed E-state index contributed by atoms with van der Waals surface area (Å²) in [4.78, 5) is 20.0. The molecule has 12 aromatic rings. The monoisotopic (exact) mass is 758 g/mol. The second-order valence-electron chi connectivity index (χ2n) is 14.6. The molecule has 0 aliphatic heterocycles. The van der Waals surface area contributed by atoms with Gasteiger partial charge in [0.2, 0.25) is 5.89 Å². The molecule has 0 spiro atoms. The van der Waals surface area contributed by atoms with Crippen molar-refractivity contribution in [2.75, 3.05) is 0 Å². The molecule has 0 radical (unpaired) electrons. The molecule has 7 nitrogen and oxygen atoms in total. The molecule has 0 saturated heterocycles. The molecule has 12 rings (SSSR count). The zero-order chi connectivity index (χ0) is 38.9. The molecule has 0 amide bonds. The number of hydrogen-bond acceptors (Lipinski definition) is 7. The Morgan fingerprint density at radius 2 is 0.881 bits per heavy atom. The van der Waals surface area contributed by atoms with Gasteiger partial charge in [0.1, 0.15) is 27.8 Å². The summed E-state index contributed by atoms with van der Waals surface area (Å²) in [6.07, 6.45) is 0. The summed E-state index contributed by atoms with van der Waals surface area (Å²) in [5.74, 6) is 2.32. The highest BCUT2D eigenvalue weighted by atomic mass is 16.4. The molecule has 0 bridgehead atoms. The topological polar surface area (TPSA) is 91.0 Å². The van der Waals surface area contributed by atoms with Gasteiger partial charge in [-0.25, -0.2) is 19.9 Å². The quantitative estimate of drug-likeness (QED) is 0.167. The van der Waals surface area contributed by atoms with E-state index in [-0.39, 0.29) is 0 Å². The molecular formula is C52H30N4O3. The van der Waals surface area contributed by atoms with Gasteiger partial charge in [-0.3, -0.25) is 0 Å². The van der Waals surface area contributed by atoms with E-state index in [9.17, 15) is 0 Å². The van der Waals surface area contributed by atoms with E-state index >= 15 is 0 Å². The van der Waals surface area contributed by atoms with Gasteiger partial charge < -0.3 is 13.3 Å². The summed E-state index contributed by atoms with van der Waals surface area (Å²) in [5, 5.41) is 3.89. The van der Waals surface area contributed by atoms with E-state index in [0.717, 1.165) is 93.9 Å². The molecule has 0 atom stereocenters. The summed E-state index contributed by atoms with van der Waals surface area (Å²) in [7, 11) is 0. The van der Waals surface area contributed by atoms with Crippen LogP contribution < -0.4 is 0 Å². The van der Waals surface area contributed by atoms with Gasteiger partial charge in [-0.15, -0.1) is 0 Å². The van der Waals surface area contributed by atoms with Crippen molar-refractivity contribution in [3.05, 3.63) is 182 Å². The van der Waals surface area contributed by atoms with Crippen LogP contribution in [0.25, 0.3) is 123 Å². The molecule has 276 valence electrons. The number of para-hydroxylation sites is 1. The summed E-state index contributed by atoms with van der Waals surface area (Å²) in [5.41, 5.74) is 12.3. The van der Waals surface area contributed by atoms with Crippen LogP contribution in [0.1, 0.15) is 0 Å². The SMILES string of the molecule is c1ccc(-c2nc(-c3ccccc3)nc(-c3cccc4oc5ccc(-c6ccc7nc(-c8cccc9oc%10c(-c%11ccccc%11)cccc%10c89)oc7c6)cc5c34)n2)cc1. The van der Waals surface area contributed by atoms with E-state index in [0.29, 0.717) is 28.9 Å². The third-order valence-corrected chi connectivity index (χ3v) is 11.0. The Balaban J connectivity index is 0.968. The van der Waals surface area contributed by atoms with Crippen molar-refractivity contribution in [3.8, 4) is 67.9 Å². The zero-order valence-electron chi connectivity index (χ0n) is 31.3. The number of nitrogens with zero attached hydrogens (tertiary/aromatic N) is 4. The van der Waals surface area contributed by atoms with Crippen LogP contribution in [0, 0.1) is 0 Å². The Kier molecular flexibility index (Phi) is 7.40. The Morgan fingerprint density at radius 3 is 1.61 bits per heavy atom. The van der Waals surface area contributed by atoms with Crippen molar-refractivity contribution < 1.29 is 13.3 Å². The lowest BCUT2D eigenvalue weighted by Gasteiger charge is -2.09. The van der Waals surface area contributed by atoms with Gasteiger partial charge in [0.15, 0.2) is 23.1 Å². The summed E-state index contributed by atoms with van der Waals surface area (Å²) in [6.45, 7) is 0. The second-order valence-corrected chi connectivity index (χ2v) is 14.6. The van der Waals surface area contributed by atoms with Crippen molar-refractivity contribution in [1.82, 2.24) is 19.9 Å². The van der Waals surface area contributed by atoms with Crippen LogP contribution in [0.15, 0.2) is 195 Å². The number of furan rings is 2. The molecule has 8 aromatic carbocycles. The van der Waals surface area contributed by atoms with Crippen molar-refractivity contribution in [2.24, 2.45) is 0 Å². The van der Waals surface area contributed by atoms with Gasteiger partial charge in [-0.1, -0.05) is 140 Å². The van der Waals surface area contributed by atoms with E-state index in [4.69, 9.17) is 33.2 Å². The molecule has 4 heterocycles. The first-order chi connectivity index (χ1) is 29.2. The van der Waals surface area contributed by atoms with Crippen LogP contribution in [0.3, 0.4) is 0 Å². The molecule has 7 heteroatoms. The zero-order valence-corrected chi connectivity index (χ0v) is 31.3. The maximum atomic E-state index is 6.58. The van der Waals surface area contributed by atoms with Gasteiger partial charge in [-0.05, 0) is 59.2 Å². The van der Waals surface area contributed by atoms with Crippen LogP contribution >= 0.6 is 0 Å². The van der Waals surface area contributed by atoms with Gasteiger partial charge in [0.25, 0.3) is 0 Å². The summed E-state index contributed by atoms with van der Waals surface area (Å²) >= 11 is 0. The first-order valence-corrected chi connectivity index (χ1v) is 19.5. The first kappa shape index (κ1) is 33.0. The number of rotatable bonds is 6. The lowest BCUT2D eigenvalue weighted by molar-refractivity contribution is 0.620. The third kappa shape index (κ3) is 5.51. The fourth-order valence-corrected chi connectivity index (χ4v) is 8.21. The van der Waals surface area contributed by atoms with E-state index < -0.39 is 0 Å². The lowest BCUT2D eigenvalue weighted by Crippen LogP contribution is -2.00. The van der Waals surface area contributed by atoms with Crippen molar-refractivity contribution in [2.45, 2.75) is 0 Å². The van der Waals surface area contributed by atoms with E-state index in [2.05, 4.69) is 60.7 Å². The highest BCUT2D eigenvalue weighted by Gasteiger charge is 2.21. The van der Waals surface area contributed by atoms with Crippen LogP contribution in [-0.4, -0.2) is 19.9 Å². The van der Waals surface area contributed by atoms with Gasteiger partial charge in [-0.2, -0.15) is 0 Å². The molecule has 0 unspecified atom stereocenters. The minimum Gasteiger partial charge on any atom is -0.456 e. The molecule has 0 aliphatic rings. The number of hydrogen-bond donors (Lipinski definition) is 0. The minimum atomic E-state index is 0.540. The standard InChI is InChI=1S/C52H30N4O3/c1-4-13-31(14-5-1)36-19-10-20-37-46-39(22-12-24-44(46)58-48(36)37)52-53-41-27-25-35(30-45(41)59-52)34-26-28-42-40(29-34)47-38(21-11-23-43(47)57-42)51-55-49(32-15-6-2-7-16-32)54-50(56-51)33-17-8-3-9-18-33/h1-30H. The summed E-state index contributed by atoms with van der Waals surface area (Å²) in [6, 6.07) is 61.1. The Bertz CT molecular complexity index is 3500. The number of aromatic nitrogens is 4. The predicted octanol–water partition coefficient (Wildman–Crippen LogP) is 13.8. The van der Waals surface area contributed by atoms with Crippen molar-refractivity contribution >= 4 is 55.0 Å². The number of oxazole rings is 1. The molecule has 0 saturated carbocycles. The fraction of sp³-hybridized carbons (Fsp3) is 0. The average Bonchev–Trinajstić information content (AvgIpc) is 4.03. The van der Waals surface area contributed by atoms with Crippen LogP contribution in [0.4, 0.5) is 0 Å². The van der Waals surface area contributed by atoms with Crippen molar-refractivity contribution in [1.29, 1.82) is 0 Å². The normalized spacial score (nSPS) is 11.7. The van der Waals surface area contributed by atoms with E-state index in [1.165, 1.54) is 0 Å². The first-order valence-electron chi connectivity index (χ1n) is 19.5.